The molecule has 3 rings (SSSR count). The van der Waals surface area contributed by atoms with Crippen LogP contribution >= 0.6 is 12.2 Å². The maximum Gasteiger partial charge on any atom is 0.231 e. The highest BCUT2D eigenvalue weighted by Crippen LogP contribution is 2.25. The van der Waals surface area contributed by atoms with Crippen LogP contribution in [0.1, 0.15) is 22.7 Å². The van der Waals surface area contributed by atoms with Gasteiger partial charge in [0.15, 0.2) is 5.11 Å². The van der Waals surface area contributed by atoms with Crippen molar-refractivity contribution in [2.24, 2.45) is 0 Å². The average molecular weight is 440 g/mol. The molecule has 0 saturated heterocycles. The number of anilines is 2. The molecule has 156 valence electrons. The summed E-state index contributed by atoms with van der Waals surface area (Å²) in [4.78, 5) is 0. The van der Waals surface area contributed by atoms with Crippen LogP contribution in [0.25, 0.3) is 0 Å². The number of hydrogen-bond donors (Lipinski definition) is 2. The molecular weight excluding hydrogens is 414 g/mol. The van der Waals surface area contributed by atoms with E-state index in [2.05, 4.69) is 41.8 Å². The van der Waals surface area contributed by atoms with Gasteiger partial charge in [-0.05, 0) is 54.0 Å². The summed E-state index contributed by atoms with van der Waals surface area (Å²) in [7, 11) is -1.82. The highest BCUT2D eigenvalue weighted by molar-refractivity contribution is 7.92. The second kappa shape index (κ2) is 9.28. The Balaban J connectivity index is 1.83. The Kier molecular flexibility index (Phi) is 6.74. The van der Waals surface area contributed by atoms with E-state index in [-0.39, 0.29) is 6.04 Å². The normalized spacial score (nSPS) is 12.1. The molecule has 5 nitrogen and oxygen atoms in total. The molecule has 0 amide bonds. The van der Waals surface area contributed by atoms with Crippen LogP contribution in [0.15, 0.2) is 78.9 Å². The first kappa shape index (κ1) is 21.8. The van der Waals surface area contributed by atoms with Crippen molar-refractivity contribution >= 4 is 38.7 Å². The van der Waals surface area contributed by atoms with Gasteiger partial charge in [0.25, 0.3) is 0 Å². The fourth-order valence-electron chi connectivity index (χ4n) is 3.17. The number of nitrogens with one attached hydrogen (secondary N) is 2. The third-order valence-electron chi connectivity index (χ3n) is 4.87. The van der Waals surface area contributed by atoms with Gasteiger partial charge in [-0.3, -0.25) is 4.31 Å². The summed E-state index contributed by atoms with van der Waals surface area (Å²) < 4.78 is 24.9. The summed E-state index contributed by atoms with van der Waals surface area (Å²) in [5, 5.41) is 7.03. The number of thiocarbonyl (C=S) groups is 1. The molecule has 1 atom stereocenters. The molecule has 0 bridgehead atoms. The molecule has 0 saturated carbocycles. The maximum absolute atomic E-state index is 11.8. The van der Waals surface area contributed by atoms with E-state index < -0.39 is 10.0 Å². The van der Waals surface area contributed by atoms with Crippen LogP contribution in [0, 0.1) is 6.92 Å². The lowest BCUT2D eigenvalue weighted by molar-refractivity contribution is 0.600. The summed E-state index contributed by atoms with van der Waals surface area (Å²) in [5.74, 6) is 0. The number of rotatable bonds is 6. The molecule has 0 aromatic heterocycles. The molecule has 0 radical (unpaired) electrons. The minimum absolute atomic E-state index is 0.116. The average Bonchev–Trinajstić information content (AvgIpc) is 2.72. The van der Waals surface area contributed by atoms with E-state index in [0.29, 0.717) is 16.5 Å². The second-order valence-corrected chi connectivity index (χ2v) is 9.50. The zero-order chi connectivity index (χ0) is 21.7. The summed E-state index contributed by atoms with van der Waals surface area (Å²) in [6, 6.07) is 25.3. The van der Waals surface area contributed by atoms with Gasteiger partial charge in [0.1, 0.15) is 0 Å². The molecule has 2 N–H and O–H groups in total. The first-order valence-corrected chi connectivity index (χ1v) is 11.7. The summed E-state index contributed by atoms with van der Waals surface area (Å²) >= 11 is 5.58. The van der Waals surface area contributed by atoms with E-state index >= 15 is 0 Å². The van der Waals surface area contributed by atoms with Crippen molar-refractivity contribution in [2.75, 3.05) is 22.9 Å². The van der Waals surface area contributed by atoms with Crippen molar-refractivity contribution in [1.29, 1.82) is 0 Å². The lowest BCUT2D eigenvalue weighted by Gasteiger charge is -2.24. The lowest BCUT2D eigenvalue weighted by Crippen LogP contribution is -2.33. The number of aryl methyl sites for hydroxylation is 1. The summed E-state index contributed by atoms with van der Waals surface area (Å²) in [6.07, 6.45) is 1.17. The van der Waals surface area contributed by atoms with Crippen LogP contribution in [0.5, 0.6) is 0 Å². The Bertz CT molecular complexity index is 1130. The van der Waals surface area contributed by atoms with Crippen molar-refractivity contribution in [3.8, 4) is 0 Å². The molecule has 0 fully saturated rings. The third kappa shape index (κ3) is 5.37. The topological polar surface area (TPSA) is 61.4 Å². The quantitative estimate of drug-likeness (QED) is 0.555. The number of hydrogen-bond acceptors (Lipinski definition) is 3. The molecule has 30 heavy (non-hydrogen) atoms. The van der Waals surface area contributed by atoms with E-state index in [4.69, 9.17) is 12.2 Å². The van der Waals surface area contributed by atoms with Gasteiger partial charge in [-0.25, -0.2) is 8.42 Å². The molecule has 3 aromatic rings. The SMILES string of the molecule is Cc1ccccc1C(NC(=S)Nc1cccc(N(C)S(C)(=O)=O)c1)c1ccccc1. The highest BCUT2D eigenvalue weighted by atomic mass is 32.2. The Morgan fingerprint density at radius 2 is 1.63 bits per heavy atom. The Hall–Kier alpha value is -2.90. The van der Waals surface area contributed by atoms with Crippen molar-refractivity contribution in [1.82, 2.24) is 5.32 Å². The minimum Gasteiger partial charge on any atom is -0.352 e. The zero-order valence-electron chi connectivity index (χ0n) is 17.2. The standard InChI is InChI=1S/C23H25N3O2S2/c1-17-10-7-8-15-21(17)22(18-11-5-4-6-12-18)25-23(29)24-19-13-9-14-20(16-19)26(2)30(3,27)28/h4-16,22H,1-3H3,(H2,24,25,29). The smallest absolute Gasteiger partial charge is 0.231 e. The Labute approximate surface area is 183 Å². The van der Waals surface area contributed by atoms with Crippen LogP contribution in [-0.2, 0) is 10.0 Å². The van der Waals surface area contributed by atoms with Crippen LogP contribution in [0.4, 0.5) is 11.4 Å². The molecule has 3 aromatic carbocycles. The van der Waals surface area contributed by atoms with Gasteiger partial charge in [-0.2, -0.15) is 0 Å². The van der Waals surface area contributed by atoms with Crippen LogP contribution in [0.3, 0.4) is 0 Å². The van der Waals surface area contributed by atoms with Gasteiger partial charge < -0.3 is 10.6 Å². The molecule has 0 aliphatic rings. The Morgan fingerprint density at radius 3 is 2.30 bits per heavy atom. The van der Waals surface area contributed by atoms with Crippen molar-refractivity contribution in [3.63, 3.8) is 0 Å². The summed E-state index contributed by atoms with van der Waals surface area (Å²) in [5.41, 5.74) is 4.67. The highest BCUT2D eigenvalue weighted by Gasteiger charge is 2.17. The lowest BCUT2D eigenvalue weighted by atomic mass is 9.95. The van der Waals surface area contributed by atoms with Gasteiger partial charge in [-0.1, -0.05) is 60.7 Å². The van der Waals surface area contributed by atoms with Crippen molar-refractivity contribution in [3.05, 3.63) is 95.6 Å². The van der Waals surface area contributed by atoms with Gasteiger partial charge in [0, 0.05) is 12.7 Å². The van der Waals surface area contributed by atoms with Gasteiger partial charge >= 0.3 is 0 Å². The molecule has 0 aliphatic carbocycles. The minimum atomic E-state index is -3.34. The fraction of sp³-hybridized carbons (Fsp3) is 0.174. The molecular formula is C23H25N3O2S2. The summed E-state index contributed by atoms with van der Waals surface area (Å²) in [6.45, 7) is 2.08. The van der Waals surface area contributed by atoms with Crippen LogP contribution < -0.4 is 14.9 Å². The third-order valence-corrected chi connectivity index (χ3v) is 6.30. The molecule has 0 aliphatic heterocycles. The second-order valence-electron chi connectivity index (χ2n) is 7.08. The van der Waals surface area contributed by atoms with Crippen LogP contribution in [-0.4, -0.2) is 26.8 Å². The van der Waals surface area contributed by atoms with Crippen LogP contribution in [0.2, 0.25) is 0 Å². The number of benzene rings is 3. The number of nitrogens with zero attached hydrogens (tertiary/aromatic N) is 1. The van der Waals surface area contributed by atoms with Gasteiger partial charge in [0.2, 0.25) is 10.0 Å². The molecule has 1 unspecified atom stereocenters. The fourth-order valence-corrected chi connectivity index (χ4v) is 3.90. The van der Waals surface area contributed by atoms with E-state index in [9.17, 15) is 8.42 Å². The Morgan fingerprint density at radius 1 is 0.967 bits per heavy atom. The van der Waals surface area contributed by atoms with E-state index in [1.165, 1.54) is 23.2 Å². The van der Waals surface area contributed by atoms with E-state index in [1.54, 1.807) is 18.2 Å². The van der Waals surface area contributed by atoms with E-state index in [0.717, 1.165) is 11.1 Å². The van der Waals surface area contributed by atoms with Crippen molar-refractivity contribution < 1.29 is 8.42 Å². The van der Waals surface area contributed by atoms with Gasteiger partial charge in [-0.15, -0.1) is 0 Å². The molecule has 0 heterocycles. The largest absolute Gasteiger partial charge is 0.352 e. The van der Waals surface area contributed by atoms with E-state index in [1.807, 2.05) is 36.4 Å². The van der Waals surface area contributed by atoms with Gasteiger partial charge in [0.05, 0.1) is 18.0 Å². The molecule has 0 spiro atoms. The molecule has 7 heteroatoms. The first-order chi connectivity index (χ1) is 14.3. The van der Waals surface area contributed by atoms with Crippen molar-refractivity contribution in [2.45, 2.75) is 13.0 Å². The first-order valence-electron chi connectivity index (χ1n) is 9.47. The maximum atomic E-state index is 11.8. The predicted octanol–water partition coefficient (Wildman–Crippen LogP) is 4.47. The zero-order valence-corrected chi connectivity index (χ0v) is 18.8. The monoisotopic (exact) mass is 439 g/mol. The predicted molar refractivity (Wildman–Crippen MR) is 129 cm³/mol. The number of sulfonamides is 1.